The molecule has 0 unspecified atom stereocenters. The van der Waals surface area contributed by atoms with E-state index in [1.165, 1.54) is 25.1 Å². The molecule has 0 bridgehead atoms. The Labute approximate surface area is 218 Å². The van der Waals surface area contributed by atoms with Crippen molar-refractivity contribution in [2.75, 3.05) is 11.9 Å². The van der Waals surface area contributed by atoms with Crippen LogP contribution in [0, 0.1) is 6.92 Å². The van der Waals surface area contributed by atoms with Gasteiger partial charge in [-0.1, -0.05) is 48.0 Å². The number of fused-ring (bicyclic) bond motifs is 1. The highest BCUT2D eigenvalue weighted by Gasteiger charge is 2.23. The van der Waals surface area contributed by atoms with Crippen molar-refractivity contribution in [3.05, 3.63) is 82.9 Å². The summed E-state index contributed by atoms with van der Waals surface area (Å²) in [5.74, 6) is -0.513. The third-order valence-corrected chi connectivity index (χ3v) is 6.77. The van der Waals surface area contributed by atoms with Gasteiger partial charge in [-0.3, -0.25) is 9.35 Å². The van der Waals surface area contributed by atoms with Crippen LogP contribution in [-0.4, -0.2) is 30.6 Å². The van der Waals surface area contributed by atoms with Crippen LogP contribution in [0.1, 0.15) is 22.8 Å². The molecule has 0 radical (unpaired) electrons. The van der Waals surface area contributed by atoms with Gasteiger partial charge in [0.25, 0.3) is 16.0 Å². The standard InChI is InChI=1S/C26H22ClN3O6S/c1-3-36-18-9-6-8-17(14-18)28-26(32)20-13-16-7-4-5-10-19(16)22(24(20)31)29-30-23-21(27)12-11-15(2)25(23)37(33,34)35/h4-14,31H,3H2,1-2H3,(H,28,32)(H,33,34,35). The highest BCUT2D eigenvalue weighted by Crippen LogP contribution is 2.42. The molecule has 1 amide bonds. The number of anilines is 1. The van der Waals surface area contributed by atoms with E-state index in [9.17, 15) is 22.9 Å². The molecular formula is C26H22ClN3O6S. The highest BCUT2D eigenvalue weighted by atomic mass is 35.5. The lowest BCUT2D eigenvalue weighted by atomic mass is 10.0. The lowest BCUT2D eigenvalue weighted by Gasteiger charge is -2.12. The first-order valence-electron chi connectivity index (χ1n) is 11.1. The van der Waals surface area contributed by atoms with Gasteiger partial charge in [-0.05, 0) is 49.1 Å². The van der Waals surface area contributed by atoms with E-state index < -0.39 is 26.7 Å². The van der Waals surface area contributed by atoms with Crippen LogP contribution >= 0.6 is 11.6 Å². The Morgan fingerprint density at radius 1 is 1.03 bits per heavy atom. The quantitative estimate of drug-likeness (QED) is 0.174. The maximum atomic E-state index is 13.1. The van der Waals surface area contributed by atoms with Crippen molar-refractivity contribution in [3.8, 4) is 11.5 Å². The van der Waals surface area contributed by atoms with Crippen LogP contribution in [0.15, 0.2) is 81.9 Å². The molecule has 0 aromatic heterocycles. The molecule has 0 aliphatic carbocycles. The van der Waals surface area contributed by atoms with E-state index in [4.69, 9.17) is 16.3 Å². The zero-order valence-corrected chi connectivity index (χ0v) is 21.3. The van der Waals surface area contributed by atoms with Gasteiger partial charge in [0.15, 0.2) is 5.75 Å². The molecule has 37 heavy (non-hydrogen) atoms. The zero-order chi connectivity index (χ0) is 26.7. The Morgan fingerprint density at radius 3 is 2.49 bits per heavy atom. The number of benzene rings is 4. The molecule has 0 aliphatic heterocycles. The van der Waals surface area contributed by atoms with Gasteiger partial charge in [-0.25, -0.2) is 0 Å². The minimum absolute atomic E-state index is 0.0751. The first-order chi connectivity index (χ1) is 17.6. The summed E-state index contributed by atoms with van der Waals surface area (Å²) in [7, 11) is -4.68. The number of aromatic hydroxyl groups is 1. The molecule has 0 heterocycles. The van der Waals surface area contributed by atoms with E-state index in [1.54, 1.807) is 48.5 Å². The average Bonchev–Trinajstić information content (AvgIpc) is 2.84. The summed E-state index contributed by atoms with van der Waals surface area (Å²) in [6.07, 6.45) is 0. The molecule has 4 aromatic rings. The molecule has 0 saturated carbocycles. The number of amides is 1. The van der Waals surface area contributed by atoms with Crippen LogP contribution in [0.3, 0.4) is 0 Å². The second kappa shape index (κ2) is 10.6. The Balaban J connectivity index is 1.82. The molecule has 0 atom stereocenters. The summed E-state index contributed by atoms with van der Waals surface area (Å²) >= 11 is 6.17. The van der Waals surface area contributed by atoms with Crippen molar-refractivity contribution in [2.24, 2.45) is 10.2 Å². The maximum absolute atomic E-state index is 13.1. The smallest absolute Gasteiger partial charge is 0.297 e. The lowest BCUT2D eigenvalue weighted by molar-refractivity contribution is 0.102. The third kappa shape index (κ3) is 5.56. The Morgan fingerprint density at radius 2 is 1.76 bits per heavy atom. The van der Waals surface area contributed by atoms with Gasteiger partial charge >= 0.3 is 0 Å². The Bertz CT molecular complexity index is 1650. The van der Waals surface area contributed by atoms with E-state index in [2.05, 4.69) is 15.5 Å². The number of hydrogen-bond acceptors (Lipinski definition) is 7. The van der Waals surface area contributed by atoms with Gasteiger partial charge in [0.2, 0.25) is 0 Å². The normalized spacial score (nSPS) is 11.7. The molecule has 3 N–H and O–H groups in total. The third-order valence-electron chi connectivity index (χ3n) is 5.43. The topological polar surface area (TPSA) is 138 Å². The molecule has 0 spiro atoms. The van der Waals surface area contributed by atoms with E-state index >= 15 is 0 Å². The summed E-state index contributed by atoms with van der Waals surface area (Å²) < 4.78 is 39.1. The van der Waals surface area contributed by atoms with Gasteiger partial charge in [0, 0.05) is 17.1 Å². The Kier molecular flexibility index (Phi) is 7.44. The number of carbonyl (C=O) groups excluding carboxylic acids is 1. The Hall–Kier alpha value is -3.99. The van der Waals surface area contributed by atoms with Crippen LogP contribution in [0.5, 0.6) is 11.5 Å². The first-order valence-corrected chi connectivity index (χ1v) is 12.9. The number of phenolic OH excluding ortho intramolecular Hbond substituents is 1. The van der Waals surface area contributed by atoms with Crippen molar-refractivity contribution in [1.82, 2.24) is 0 Å². The van der Waals surface area contributed by atoms with E-state index in [-0.39, 0.29) is 27.5 Å². The summed E-state index contributed by atoms with van der Waals surface area (Å²) in [5, 5.41) is 22.8. The van der Waals surface area contributed by atoms with E-state index in [1.807, 2.05) is 6.92 Å². The van der Waals surface area contributed by atoms with Crippen molar-refractivity contribution in [3.63, 3.8) is 0 Å². The molecule has 9 nitrogen and oxygen atoms in total. The molecule has 0 aliphatic rings. The predicted molar refractivity (Wildman–Crippen MR) is 141 cm³/mol. The molecule has 0 fully saturated rings. The number of halogens is 1. The fourth-order valence-corrected chi connectivity index (χ4v) is 4.91. The van der Waals surface area contributed by atoms with Gasteiger partial charge in [0.05, 0.1) is 17.2 Å². The SMILES string of the molecule is CCOc1cccc(NC(=O)c2cc3ccccc3c(N=Nc3c(Cl)ccc(C)c3S(=O)(=O)O)c2O)c1. The summed E-state index contributed by atoms with van der Waals surface area (Å²) in [5.41, 5.74) is 0.202. The molecule has 190 valence electrons. The number of phenols is 1. The van der Waals surface area contributed by atoms with E-state index in [0.717, 1.165) is 0 Å². The highest BCUT2D eigenvalue weighted by molar-refractivity contribution is 7.86. The number of rotatable bonds is 7. The van der Waals surface area contributed by atoms with Gasteiger partial charge in [-0.15, -0.1) is 10.2 Å². The van der Waals surface area contributed by atoms with Gasteiger partial charge in [0.1, 0.15) is 22.0 Å². The maximum Gasteiger partial charge on any atom is 0.297 e. The first kappa shape index (κ1) is 26.1. The fourth-order valence-electron chi connectivity index (χ4n) is 3.79. The minimum atomic E-state index is -4.68. The van der Waals surface area contributed by atoms with Gasteiger partial charge in [-0.2, -0.15) is 8.42 Å². The minimum Gasteiger partial charge on any atom is -0.505 e. The number of nitrogens with one attached hydrogen (secondary N) is 1. The fraction of sp³-hybridized carbons (Fsp3) is 0.115. The lowest BCUT2D eigenvalue weighted by Crippen LogP contribution is -2.12. The summed E-state index contributed by atoms with van der Waals surface area (Å²) in [6.45, 7) is 3.77. The number of carbonyl (C=O) groups is 1. The molecule has 11 heteroatoms. The molecule has 0 saturated heterocycles. The average molecular weight is 540 g/mol. The van der Waals surface area contributed by atoms with Crippen molar-refractivity contribution < 1.29 is 27.6 Å². The number of nitrogens with zero attached hydrogens (tertiary/aromatic N) is 2. The predicted octanol–water partition coefficient (Wildman–Crippen LogP) is 6.82. The molecule has 4 aromatic carbocycles. The molecular weight excluding hydrogens is 518 g/mol. The van der Waals surface area contributed by atoms with Crippen LogP contribution in [0.25, 0.3) is 10.8 Å². The van der Waals surface area contributed by atoms with Crippen LogP contribution in [-0.2, 0) is 10.1 Å². The number of ether oxygens (including phenoxy) is 1. The summed E-state index contributed by atoms with van der Waals surface area (Å²) in [6, 6.07) is 18.0. The van der Waals surface area contributed by atoms with Crippen molar-refractivity contribution in [1.29, 1.82) is 0 Å². The second-order valence-electron chi connectivity index (χ2n) is 7.97. The zero-order valence-electron chi connectivity index (χ0n) is 19.8. The molecule has 4 rings (SSSR count). The monoisotopic (exact) mass is 539 g/mol. The van der Waals surface area contributed by atoms with Crippen LogP contribution in [0.4, 0.5) is 17.1 Å². The second-order valence-corrected chi connectivity index (χ2v) is 9.74. The largest absolute Gasteiger partial charge is 0.505 e. The number of aryl methyl sites for hydroxylation is 1. The van der Waals surface area contributed by atoms with Gasteiger partial charge < -0.3 is 15.2 Å². The summed E-state index contributed by atoms with van der Waals surface area (Å²) in [4.78, 5) is 12.6. The number of azo groups is 1. The van der Waals surface area contributed by atoms with Crippen molar-refractivity contribution in [2.45, 2.75) is 18.7 Å². The van der Waals surface area contributed by atoms with Crippen LogP contribution < -0.4 is 10.1 Å². The van der Waals surface area contributed by atoms with Crippen molar-refractivity contribution >= 4 is 55.5 Å². The number of hydrogen-bond donors (Lipinski definition) is 3. The van der Waals surface area contributed by atoms with Crippen LogP contribution in [0.2, 0.25) is 5.02 Å². The van der Waals surface area contributed by atoms with E-state index in [0.29, 0.717) is 28.8 Å².